The van der Waals surface area contributed by atoms with Crippen molar-refractivity contribution in [2.75, 3.05) is 0 Å². The van der Waals surface area contributed by atoms with Gasteiger partial charge in [-0.3, -0.25) is 0 Å². The molecule has 0 aromatic carbocycles. The Morgan fingerprint density at radius 1 is 1.50 bits per heavy atom. The molecule has 0 saturated heterocycles. The van der Waals surface area contributed by atoms with Crippen molar-refractivity contribution < 1.29 is 9.90 Å². The first-order valence-electron chi connectivity index (χ1n) is 2.76. The van der Waals surface area contributed by atoms with Crippen LogP contribution in [0, 0.1) is 0 Å². The third-order valence-corrected chi connectivity index (χ3v) is 1.94. The number of halogens is 1. The largest absolute Gasteiger partial charge is 0.478 e. The van der Waals surface area contributed by atoms with Crippen molar-refractivity contribution >= 4 is 28.6 Å². The van der Waals surface area contributed by atoms with Crippen molar-refractivity contribution in [3.63, 3.8) is 0 Å². The van der Waals surface area contributed by atoms with Crippen LogP contribution in [0.3, 0.4) is 0 Å². The Kier molecular flexibility index (Phi) is 4.34. The van der Waals surface area contributed by atoms with Gasteiger partial charge in [-0.15, -0.1) is 0 Å². The fraction of sp³-hybridized carbons (Fsp3) is 0.286. The molecule has 0 bridgehead atoms. The summed E-state index contributed by atoms with van der Waals surface area (Å²) < 4.78 is 1.84. The third-order valence-electron chi connectivity index (χ3n) is 0.954. The van der Waals surface area contributed by atoms with E-state index in [1.807, 2.05) is 11.0 Å². The third kappa shape index (κ3) is 3.66. The summed E-state index contributed by atoms with van der Waals surface area (Å²) >= 11 is 2.07. The van der Waals surface area contributed by atoms with E-state index < -0.39 is 5.97 Å². The molecule has 0 heterocycles. The topological polar surface area (TPSA) is 37.3 Å². The van der Waals surface area contributed by atoms with Crippen LogP contribution >= 0.6 is 22.6 Å². The fourth-order valence-electron chi connectivity index (χ4n) is 0.435. The Bertz CT molecular complexity index is 192. The van der Waals surface area contributed by atoms with Crippen LogP contribution in [0.2, 0.25) is 0 Å². The highest BCUT2D eigenvalue weighted by atomic mass is 127. The van der Waals surface area contributed by atoms with Gasteiger partial charge in [0.1, 0.15) is 0 Å². The standard InChI is InChI=1S/C7H9IO2/c1-5(4-8)3-6(2)7(9)10/h3-4H,1-2H3,(H,9,10). The molecule has 0 aromatic heterocycles. The summed E-state index contributed by atoms with van der Waals surface area (Å²) in [6.45, 7) is 3.44. The molecule has 10 heavy (non-hydrogen) atoms. The van der Waals surface area contributed by atoms with E-state index in [-0.39, 0.29) is 0 Å². The Labute approximate surface area is 73.8 Å². The van der Waals surface area contributed by atoms with Crippen molar-refractivity contribution in [2.45, 2.75) is 13.8 Å². The summed E-state index contributed by atoms with van der Waals surface area (Å²) in [6, 6.07) is 0. The zero-order valence-corrected chi connectivity index (χ0v) is 8.05. The molecule has 56 valence electrons. The highest BCUT2D eigenvalue weighted by molar-refractivity contribution is 14.1. The predicted octanol–water partition coefficient (Wildman–Crippen LogP) is 2.36. The van der Waals surface area contributed by atoms with Crippen molar-refractivity contribution in [3.8, 4) is 0 Å². The van der Waals surface area contributed by atoms with Crippen LogP contribution in [-0.4, -0.2) is 11.1 Å². The fourth-order valence-corrected chi connectivity index (χ4v) is 0.615. The molecule has 0 unspecified atom stereocenters. The molecular formula is C7H9IO2. The Morgan fingerprint density at radius 2 is 2.00 bits per heavy atom. The summed E-state index contributed by atoms with van der Waals surface area (Å²) in [5, 5.41) is 8.43. The maximum atomic E-state index is 10.3. The van der Waals surface area contributed by atoms with Gasteiger partial charge in [-0.2, -0.15) is 0 Å². The maximum absolute atomic E-state index is 10.3. The highest BCUT2D eigenvalue weighted by Gasteiger charge is 1.97. The van der Waals surface area contributed by atoms with Gasteiger partial charge in [0.05, 0.1) is 0 Å². The lowest BCUT2D eigenvalue weighted by Gasteiger charge is -1.91. The molecule has 0 rings (SSSR count). The monoisotopic (exact) mass is 252 g/mol. The van der Waals surface area contributed by atoms with Gasteiger partial charge in [-0.1, -0.05) is 22.6 Å². The molecule has 2 nitrogen and oxygen atoms in total. The first-order valence-corrected chi connectivity index (χ1v) is 4.01. The number of carboxylic acids is 1. The summed E-state index contributed by atoms with van der Waals surface area (Å²) in [5.74, 6) is -0.863. The number of hydrogen-bond acceptors (Lipinski definition) is 1. The lowest BCUT2D eigenvalue weighted by atomic mass is 10.2. The van der Waals surface area contributed by atoms with E-state index in [2.05, 4.69) is 22.6 Å². The number of rotatable bonds is 2. The molecule has 0 aromatic rings. The molecule has 0 spiro atoms. The lowest BCUT2D eigenvalue weighted by molar-refractivity contribution is -0.132. The molecule has 1 N–H and O–H groups in total. The van der Waals surface area contributed by atoms with Gasteiger partial charge in [0.15, 0.2) is 0 Å². The minimum atomic E-state index is -0.863. The van der Waals surface area contributed by atoms with E-state index in [9.17, 15) is 4.79 Å². The van der Waals surface area contributed by atoms with Gasteiger partial charge >= 0.3 is 5.97 Å². The first-order chi connectivity index (χ1) is 4.57. The van der Waals surface area contributed by atoms with Crippen molar-refractivity contribution in [3.05, 3.63) is 21.3 Å². The number of carbonyl (C=O) groups is 1. The van der Waals surface area contributed by atoms with Gasteiger partial charge in [-0.05, 0) is 29.6 Å². The van der Waals surface area contributed by atoms with Gasteiger partial charge in [0, 0.05) is 5.57 Å². The summed E-state index contributed by atoms with van der Waals surface area (Å²) in [5.41, 5.74) is 1.32. The Hall–Kier alpha value is -0.320. The van der Waals surface area contributed by atoms with Gasteiger partial charge in [0.25, 0.3) is 0 Å². The molecular weight excluding hydrogens is 243 g/mol. The minimum Gasteiger partial charge on any atom is -0.478 e. The summed E-state index contributed by atoms with van der Waals surface area (Å²) in [6.07, 6.45) is 1.63. The van der Waals surface area contributed by atoms with Crippen LogP contribution in [0.4, 0.5) is 0 Å². The predicted molar refractivity (Wildman–Crippen MR) is 49.2 cm³/mol. The molecule has 0 amide bonds. The second-order valence-corrected chi connectivity index (χ2v) is 2.61. The van der Waals surface area contributed by atoms with Crippen molar-refractivity contribution in [1.29, 1.82) is 0 Å². The quantitative estimate of drug-likeness (QED) is 0.465. The van der Waals surface area contributed by atoms with E-state index in [0.717, 1.165) is 5.57 Å². The summed E-state index contributed by atoms with van der Waals surface area (Å²) in [4.78, 5) is 10.3. The minimum absolute atomic E-state index is 0.366. The van der Waals surface area contributed by atoms with Crippen LogP contribution in [0.5, 0.6) is 0 Å². The number of aliphatic carboxylic acids is 1. The van der Waals surface area contributed by atoms with E-state index in [1.165, 1.54) is 0 Å². The van der Waals surface area contributed by atoms with Crippen molar-refractivity contribution in [1.82, 2.24) is 0 Å². The number of allylic oxidation sites excluding steroid dienone is 2. The second-order valence-electron chi connectivity index (χ2n) is 1.99. The highest BCUT2D eigenvalue weighted by Crippen LogP contribution is 2.03. The molecule has 0 saturated carbocycles. The molecule has 0 fully saturated rings. The molecule has 0 aliphatic heterocycles. The van der Waals surface area contributed by atoms with Crippen LogP contribution in [-0.2, 0) is 4.79 Å². The normalized spacial score (nSPS) is 13.5. The summed E-state index contributed by atoms with van der Waals surface area (Å²) in [7, 11) is 0. The number of carboxylic acid groups (broad SMARTS) is 1. The van der Waals surface area contributed by atoms with Crippen LogP contribution in [0.15, 0.2) is 21.3 Å². The van der Waals surface area contributed by atoms with E-state index in [4.69, 9.17) is 5.11 Å². The van der Waals surface area contributed by atoms with Crippen LogP contribution in [0.1, 0.15) is 13.8 Å². The molecule has 0 atom stereocenters. The zero-order valence-electron chi connectivity index (χ0n) is 5.89. The maximum Gasteiger partial charge on any atom is 0.331 e. The zero-order chi connectivity index (χ0) is 8.15. The van der Waals surface area contributed by atoms with Crippen LogP contribution in [0.25, 0.3) is 0 Å². The van der Waals surface area contributed by atoms with Gasteiger partial charge < -0.3 is 5.11 Å². The smallest absolute Gasteiger partial charge is 0.331 e. The Balaban J connectivity index is 4.31. The van der Waals surface area contributed by atoms with Crippen molar-refractivity contribution in [2.24, 2.45) is 0 Å². The van der Waals surface area contributed by atoms with Gasteiger partial charge in [0.2, 0.25) is 0 Å². The average molecular weight is 252 g/mol. The SMILES string of the molecule is CC(=CI)C=C(C)C(=O)O. The molecule has 0 aliphatic carbocycles. The number of hydrogen-bond donors (Lipinski definition) is 1. The van der Waals surface area contributed by atoms with E-state index in [1.54, 1.807) is 13.0 Å². The van der Waals surface area contributed by atoms with E-state index in [0.29, 0.717) is 5.57 Å². The molecule has 0 aliphatic rings. The lowest BCUT2D eigenvalue weighted by Crippen LogP contribution is -1.95. The van der Waals surface area contributed by atoms with E-state index >= 15 is 0 Å². The van der Waals surface area contributed by atoms with Crippen LogP contribution < -0.4 is 0 Å². The second kappa shape index (κ2) is 4.49. The molecule has 0 radical (unpaired) electrons. The van der Waals surface area contributed by atoms with Gasteiger partial charge in [-0.25, -0.2) is 4.79 Å². The molecule has 3 heteroatoms. The Morgan fingerprint density at radius 3 is 2.30 bits per heavy atom. The first kappa shape index (κ1) is 9.68. The average Bonchev–Trinajstić information content (AvgIpc) is 1.87.